The van der Waals surface area contributed by atoms with Crippen LogP contribution in [-0.2, 0) is 14.3 Å². The minimum atomic E-state index is -0.409. The van der Waals surface area contributed by atoms with Crippen LogP contribution in [0.25, 0.3) is 0 Å². The molecule has 0 aliphatic heterocycles. The normalized spacial score (nSPS) is 28.9. The quantitative estimate of drug-likeness (QED) is 0.410. The van der Waals surface area contributed by atoms with Crippen molar-refractivity contribution >= 4 is 22.8 Å². The molecule has 1 rings (SSSR count). The lowest BCUT2D eigenvalue weighted by molar-refractivity contribution is -0.134. The van der Waals surface area contributed by atoms with Gasteiger partial charge in [-0.1, -0.05) is 19.9 Å². The maximum absolute atomic E-state index is 11.0. The summed E-state index contributed by atoms with van der Waals surface area (Å²) in [5, 5.41) is -0.338. The van der Waals surface area contributed by atoms with E-state index >= 15 is 0 Å². The second-order valence-electron chi connectivity index (χ2n) is 4.01. The standard InChI is InChI=1S/C10H13ClO3/c1-10(2)6(8(10)9(11)13)4-5-7(12)14-3/h4-6,8H,1-3H3/b5-4+/t6-,8-/m0/s1. The lowest BCUT2D eigenvalue weighted by Crippen LogP contribution is -1.96. The van der Waals surface area contributed by atoms with E-state index in [0.29, 0.717) is 0 Å². The van der Waals surface area contributed by atoms with Gasteiger partial charge in [0.25, 0.3) is 0 Å². The van der Waals surface area contributed by atoms with Gasteiger partial charge in [0.15, 0.2) is 0 Å². The summed E-state index contributed by atoms with van der Waals surface area (Å²) in [6.07, 6.45) is 3.03. The second-order valence-corrected chi connectivity index (χ2v) is 4.38. The van der Waals surface area contributed by atoms with Crippen molar-refractivity contribution in [3.63, 3.8) is 0 Å². The van der Waals surface area contributed by atoms with Crippen LogP contribution in [0.2, 0.25) is 0 Å². The van der Waals surface area contributed by atoms with Crippen LogP contribution in [0.15, 0.2) is 12.2 Å². The van der Waals surface area contributed by atoms with E-state index in [1.807, 2.05) is 13.8 Å². The van der Waals surface area contributed by atoms with Crippen molar-refractivity contribution < 1.29 is 14.3 Å². The van der Waals surface area contributed by atoms with E-state index in [0.717, 1.165) is 0 Å². The molecular formula is C10H13ClO3. The first-order chi connectivity index (χ1) is 6.41. The second kappa shape index (κ2) is 3.73. The molecule has 1 saturated carbocycles. The predicted octanol–water partition coefficient (Wildman–Crippen LogP) is 1.75. The van der Waals surface area contributed by atoms with Crippen molar-refractivity contribution in [1.82, 2.24) is 0 Å². The maximum atomic E-state index is 11.0. The molecule has 0 radical (unpaired) electrons. The summed E-state index contributed by atoms with van der Waals surface area (Å²) in [5.41, 5.74) is -0.136. The molecule has 0 spiro atoms. The van der Waals surface area contributed by atoms with Gasteiger partial charge in [-0.25, -0.2) is 4.79 Å². The van der Waals surface area contributed by atoms with Gasteiger partial charge >= 0.3 is 5.97 Å². The molecular weight excluding hydrogens is 204 g/mol. The molecule has 1 aliphatic rings. The number of rotatable bonds is 3. The highest BCUT2D eigenvalue weighted by Gasteiger charge is 2.59. The van der Waals surface area contributed by atoms with Crippen LogP contribution in [0, 0.1) is 17.3 Å². The Kier molecular flexibility index (Phi) is 3.00. The zero-order valence-corrected chi connectivity index (χ0v) is 9.17. The van der Waals surface area contributed by atoms with E-state index in [2.05, 4.69) is 4.74 Å². The molecule has 0 amide bonds. The van der Waals surface area contributed by atoms with Crippen molar-refractivity contribution in [2.75, 3.05) is 7.11 Å². The van der Waals surface area contributed by atoms with E-state index in [4.69, 9.17) is 11.6 Å². The monoisotopic (exact) mass is 216 g/mol. The minimum absolute atomic E-state index is 0.0478. The Morgan fingerprint density at radius 3 is 2.36 bits per heavy atom. The fourth-order valence-electron chi connectivity index (χ4n) is 1.72. The molecule has 3 nitrogen and oxygen atoms in total. The van der Waals surface area contributed by atoms with Crippen LogP contribution in [0.1, 0.15) is 13.8 Å². The molecule has 4 heteroatoms. The third-order valence-corrected chi connectivity index (χ3v) is 3.03. The number of hydrogen-bond acceptors (Lipinski definition) is 3. The van der Waals surface area contributed by atoms with Gasteiger partial charge in [-0.2, -0.15) is 0 Å². The van der Waals surface area contributed by atoms with Crippen LogP contribution in [0.5, 0.6) is 0 Å². The summed E-state index contributed by atoms with van der Waals surface area (Å²) in [5.74, 6) is -0.537. The Morgan fingerprint density at radius 2 is 2.00 bits per heavy atom. The first kappa shape index (κ1) is 11.2. The van der Waals surface area contributed by atoms with Gasteiger partial charge in [-0.15, -0.1) is 0 Å². The number of carbonyl (C=O) groups is 2. The number of methoxy groups -OCH3 is 1. The average molecular weight is 217 g/mol. The topological polar surface area (TPSA) is 43.4 Å². The van der Waals surface area contributed by atoms with Crippen molar-refractivity contribution in [2.24, 2.45) is 17.3 Å². The van der Waals surface area contributed by atoms with Crippen LogP contribution in [-0.4, -0.2) is 18.3 Å². The Hall–Kier alpha value is -0.830. The fourth-order valence-corrected chi connectivity index (χ4v) is 2.14. The van der Waals surface area contributed by atoms with Crippen molar-refractivity contribution in [2.45, 2.75) is 13.8 Å². The molecule has 1 fully saturated rings. The van der Waals surface area contributed by atoms with Crippen molar-refractivity contribution in [1.29, 1.82) is 0 Å². The largest absolute Gasteiger partial charge is 0.466 e. The minimum Gasteiger partial charge on any atom is -0.466 e. The molecule has 0 N–H and O–H groups in total. The van der Waals surface area contributed by atoms with E-state index in [9.17, 15) is 9.59 Å². The molecule has 0 unspecified atom stereocenters. The molecule has 0 aromatic heterocycles. The number of ether oxygens (including phenoxy) is 1. The lowest BCUT2D eigenvalue weighted by Gasteiger charge is -1.96. The Bertz CT molecular complexity index is 294. The molecule has 0 bridgehead atoms. The van der Waals surface area contributed by atoms with E-state index in [-0.39, 0.29) is 22.5 Å². The maximum Gasteiger partial charge on any atom is 0.330 e. The van der Waals surface area contributed by atoms with Gasteiger partial charge in [0, 0.05) is 12.0 Å². The van der Waals surface area contributed by atoms with Gasteiger partial charge < -0.3 is 4.74 Å². The summed E-state index contributed by atoms with van der Waals surface area (Å²) < 4.78 is 4.45. The number of carbonyl (C=O) groups excluding carboxylic acids is 2. The average Bonchev–Trinajstić information content (AvgIpc) is 2.64. The highest BCUT2D eigenvalue weighted by Crippen LogP contribution is 2.59. The Labute approximate surface area is 88.1 Å². The van der Waals surface area contributed by atoms with Gasteiger partial charge in [-0.3, -0.25) is 4.79 Å². The zero-order valence-electron chi connectivity index (χ0n) is 8.41. The summed E-state index contributed by atoms with van der Waals surface area (Å²) in [4.78, 5) is 21.8. The number of esters is 1. The number of hydrogen-bond donors (Lipinski definition) is 0. The highest BCUT2D eigenvalue weighted by molar-refractivity contribution is 6.64. The van der Waals surface area contributed by atoms with Crippen molar-refractivity contribution in [3.8, 4) is 0 Å². The van der Waals surface area contributed by atoms with Crippen LogP contribution >= 0.6 is 11.6 Å². The molecule has 0 aromatic rings. The number of halogens is 1. The summed E-state index contributed by atoms with van der Waals surface area (Å²) >= 11 is 5.41. The fraction of sp³-hybridized carbons (Fsp3) is 0.600. The zero-order chi connectivity index (χ0) is 10.9. The Morgan fingerprint density at radius 1 is 1.43 bits per heavy atom. The van der Waals surface area contributed by atoms with E-state index in [1.54, 1.807) is 6.08 Å². The Balaban J connectivity index is 2.61. The molecule has 0 heterocycles. The van der Waals surface area contributed by atoms with Gasteiger partial charge in [0.1, 0.15) is 0 Å². The van der Waals surface area contributed by atoms with Crippen LogP contribution < -0.4 is 0 Å². The SMILES string of the molecule is COC(=O)/C=C/[C@H]1[C@@H](C(=O)Cl)C1(C)C. The third kappa shape index (κ3) is 1.98. The summed E-state index contributed by atoms with van der Waals surface area (Å²) in [6.45, 7) is 3.90. The molecule has 78 valence electrons. The molecule has 1 aliphatic carbocycles. The smallest absolute Gasteiger partial charge is 0.330 e. The van der Waals surface area contributed by atoms with Crippen LogP contribution in [0.4, 0.5) is 0 Å². The van der Waals surface area contributed by atoms with Crippen molar-refractivity contribution in [3.05, 3.63) is 12.2 Å². The van der Waals surface area contributed by atoms with Crippen LogP contribution in [0.3, 0.4) is 0 Å². The predicted molar refractivity (Wildman–Crippen MR) is 52.8 cm³/mol. The molecule has 2 atom stereocenters. The first-order valence-electron chi connectivity index (χ1n) is 4.36. The molecule has 0 aromatic carbocycles. The first-order valence-corrected chi connectivity index (χ1v) is 4.74. The van der Waals surface area contributed by atoms with Gasteiger partial charge in [0.05, 0.1) is 7.11 Å². The third-order valence-electron chi connectivity index (χ3n) is 2.80. The van der Waals surface area contributed by atoms with Gasteiger partial charge in [-0.05, 0) is 22.9 Å². The van der Waals surface area contributed by atoms with E-state index < -0.39 is 5.97 Å². The molecule has 14 heavy (non-hydrogen) atoms. The van der Waals surface area contributed by atoms with Gasteiger partial charge in [0.2, 0.25) is 5.24 Å². The summed E-state index contributed by atoms with van der Waals surface area (Å²) in [7, 11) is 1.31. The summed E-state index contributed by atoms with van der Waals surface area (Å²) in [6, 6.07) is 0. The molecule has 0 saturated heterocycles. The van der Waals surface area contributed by atoms with E-state index in [1.165, 1.54) is 13.2 Å². The highest BCUT2D eigenvalue weighted by atomic mass is 35.5. The lowest BCUT2D eigenvalue weighted by atomic mass is 10.1. The number of allylic oxidation sites excluding steroid dienone is 1.